The molecule has 0 amide bonds. The van der Waals surface area contributed by atoms with Crippen LogP contribution in [0.3, 0.4) is 0 Å². The molecule has 43 heavy (non-hydrogen) atoms. The average Bonchev–Trinajstić information content (AvgIpc) is 3.34. The molecule has 2 heterocycles. The Balaban J connectivity index is 1.39. The Morgan fingerprint density at radius 2 is 1.51 bits per heavy atom. The molecule has 0 spiro atoms. The van der Waals surface area contributed by atoms with E-state index in [0.717, 1.165) is 25.7 Å². The molecule has 0 saturated carbocycles. The van der Waals surface area contributed by atoms with E-state index in [-0.39, 0.29) is 19.1 Å². The number of hydrogen-bond donors (Lipinski definition) is 2. The number of ether oxygens (including phenoxy) is 1. The maximum absolute atomic E-state index is 12.3. The zero-order valence-corrected chi connectivity index (χ0v) is 29.6. The predicted octanol–water partition coefficient (Wildman–Crippen LogP) is 8.49. The van der Waals surface area contributed by atoms with Crippen molar-refractivity contribution in [2.75, 3.05) is 18.7 Å². The first-order chi connectivity index (χ1) is 20.3. The van der Waals surface area contributed by atoms with E-state index in [1.54, 1.807) is 10.9 Å². The molecular formula is C32H58N5O4PSi. The van der Waals surface area contributed by atoms with Crippen LogP contribution in [-0.4, -0.2) is 51.5 Å². The van der Waals surface area contributed by atoms with Crippen LogP contribution in [0.1, 0.15) is 118 Å². The van der Waals surface area contributed by atoms with Crippen LogP contribution in [0.5, 0.6) is 0 Å². The van der Waals surface area contributed by atoms with E-state index in [1.807, 2.05) is 6.92 Å². The van der Waals surface area contributed by atoms with Gasteiger partial charge in [0, 0.05) is 6.42 Å². The second-order valence-electron chi connectivity index (χ2n) is 13.4. The van der Waals surface area contributed by atoms with Gasteiger partial charge in [0.2, 0.25) is 0 Å². The lowest BCUT2D eigenvalue weighted by Gasteiger charge is -2.31. The van der Waals surface area contributed by atoms with Gasteiger partial charge in [-0.1, -0.05) is 104 Å². The summed E-state index contributed by atoms with van der Waals surface area (Å²) >= 11 is 0. The van der Waals surface area contributed by atoms with Crippen molar-refractivity contribution >= 4 is 32.7 Å². The summed E-state index contributed by atoms with van der Waals surface area (Å²) in [6.07, 6.45) is 19.3. The van der Waals surface area contributed by atoms with Gasteiger partial charge in [-0.25, -0.2) is 15.0 Å². The second-order valence-corrected chi connectivity index (χ2v) is 20.2. The number of anilines is 1. The molecule has 0 aliphatic carbocycles. The summed E-state index contributed by atoms with van der Waals surface area (Å²) in [6.45, 7) is 14.3. The maximum atomic E-state index is 12.3. The molecule has 244 valence electrons. The number of hydrogen-bond acceptors (Lipinski definition) is 7. The molecule has 0 radical (unpaired) electrons. The Labute approximate surface area is 261 Å². The first-order valence-electron chi connectivity index (χ1n) is 16.3. The van der Waals surface area contributed by atoms with E-state index in [9.17, 15) is 9.46 Å². The van der Waals surface area contributed by atoms with E-state index in [2.05, 4.69) is 60.3 Å². The third-order valence-electron chi connectivity index (χ3n) is 8.42. The molecule has 0 aliphatic rings. The van der Waals surface area contributed by atoms with Crippen LogP contribution in [0.15, 0.2) is 12.7 Å². The zero-order valence-electron chi connectivity index (χ0n) is 27.7. The third kappa shape index (κ3) is 14.7. The second kappa shape index (κ2) is 18.9. The van der Waals surface area contributed by atoms with Crippen LogP contribution in [0.25, 0.3) is 11.2 Å². The molecule has 11 heteroatoms. The molecule has 0 fully saturated rings. The molecule has 1 unspecified atom stereocenters. The Bertz CT molecular complexity index is 1190. The standard InChI is InChI=1S/C32H58N5O4PSi/c1-28(24-37-26-36-29-30(33)34-25-35-31(29)37)40-27-42(38,39)41-22-20-18-16-14-12-10-8-7-9-11-13-15-17-19-21-23-43(5,6)32(2,3)4/h25-26,28H,7-20,22,24,27H2,1-6H3,(H,38,39)(H2,33,34,35)/t28-/m1/s1. The summed E-state index contributed by atoms with van der Waals surface area (Å²) in [5.41, 5.74) is 10.6. The molecule has 2 aromatic heterocycles. The predicted molar refractivity (Wildman–Crippen MR) is 181 cm³/mol. The van der Waals surface area contributed by atoms with Gasteiger partial charge < -0.3 is 24.5 Å². The fourth-order valence-corrected chi connectivity index (χ4v) is 6.43. The van der Waals surface area contributed by atoms with E-state index in [4.69, 9.17) is 15.0 Å². The lowest BCUT2D eigenvalue weighted by atomic mass is 10.0. The van der Waals surface area contributed by atoms with Crippen molar-refractivity contribution in [3.63, 3.8) is 0 Å². The quantitative estimate of drug-likeness (QED) is 0.0605. The zero-order chi connectivity index (χ0) is 31.8. The summed E-state index contributed by atoms with van der Waals surface area (Å²) in [5, 5.41) is 0.353. The summed E-state index contributed by atoms with van der Waals surface area (Å²) < 4.78 is 25.0. The van der Waals surface area contributed by atoms with Crippen molar-refractivity contribution < 1.29 is 18.7 Å². The van der Waals surface area contributed by atoms with Gasteiger partial charge in [0.05, 0.1) is 25.6 Å². The number of aromatic nitrogens is 4. The number of fused-ring (bicyclic) bond motifs is 1. The van der Waals surface area contributed by atoms with E-state index in [1.165, 1.54) is 70.5 Å². The van der Waals surface area contributed by atoms with E-state index >= 15 is 0 Å². The molecule has 9 nitrogen and oxygen atoms in total. The number of nitrogen functional groups attached to an aromatic ring is 1. The van der Waals surface area contributed by atoms with Gasteiger partial charge >= 0.3 is 7.60 Å². The van der Waals surface area contributed by atoms with Crippen LogP contribution in [0, 0.1) is 11.5 Å². The topological polar surface area (TPSA) is 125 Å². The third-order valence-corrected chi connectivity index (χ3v) is 14.0. The molecule has 2 aromatic rings. The Morgan fingerprint density at radius 3 is 2.09 bits per heavy atom. The van der Waals surface area contributed by atoms with Crippen molar-refractivity contribution in [3.8, 4) is 11.5 Å². The molecule has 0 aliphatic heterocycles. The number of imidazole rings is 1. The Morgan fingerprint density at radius 1 is 0.953 bits per heavy atom. The molecular weight excluding hydrogens is 577 g/mol. The highest BCUT2D eigenvalue weighted by Gasteiger charge is 2.33. The van der Waals surface area contributed by atoms with Gasteiger partial charge in [-0.05, 0) is 24.8 Å². The Hall–Kier alpha value is -1.76. The smallest absolute Gasteiger partial charge is 0.353 e. The van der Waals surface area contributed by atoms with Crippen LogP contribution in [0.2, 0.25) is 18.1 Å². The highest BCUT2D eigenvalue weighted by atomic mass is 31.2. The lowest BCUT2D eigenvalue weighted by molar-refractivity contribution is 0.0715. The molecule has 2 atom stereocenters. The lowest BCUT2D eigenvalue weighted by Crippen LogP contribution is -2.35. The van der Waals surface area contributed by atoms with Crippen molar-refractivity contribution in [1.29, 1.82) is 0 Å². The number of unbranched alkanes of at least 4 members (excludes halogenated alkanes) is 13. The highest BCUT2D eigenvalue weighted by molar-refractivity contribution is 7.52. The summed E-state index contributed by atoms with van der Waals surface area (Å²) in [4.78, 5) is 22.5. The number of nitrogens with two attached hydrogens (primary N) is 1. The average molecular weight is 636 g/mol. The van der Waals surface area contributed by atoms with Crippen LogP contribution >= 0.6 is 7.60 Å². The van der Waals surface area contributed by atoms with Crippen molar-refractivity contribution in [3.05, 3.63) is 12.7 Å². The monoisotopic (exact) mass is 635 g/mol. The largest absolute Gasteiger partial charge is 0.382 e. The fourth-order valence-electron chi connectivity index (χ4n) is 4.56. The number of nitrogens with zero attached hydrogens (tertiary/aromatic N) is 4. The first kappa shape index (κ1) is 37.4. The van der Waals surface area contributed by atoms with Gasteiger partial charge in [0.25, 0.3) is 0 Å². The van der Waals surface area contributed by atoms with Gasteiger partial charge in [-0.2, -0.15) is 0 Å². The Kier molecular flexibility index (Phi) is 16.5. The van der Waals surface area contributed by atoms with Gasteiger partial charge in [0.15, 0.2) is 11.5 Å². The molecule has 0 saturated heterocycles. The van der Waals surface area contributed by atoms with E-state index < -0.39 is 15.7 Å². The maximum Gasteiger partial charge on any atom is 0.353 e. The fraction of sp³-hybridized carbons (Fsp3) is 0.781. The molecule has 2 rings (SSSR count). The van der Waals surface area contributed by atoms with Crippen LogP contribution < -0.4 is 5.73 Å². The van der Waals surface area contributed by atoms with Gasteiger partial charge in [-0.3, -0.25) is 4.57 Å². The minimum atomic E-state index is -3.79. The summed E-state index contributed by atoms with van der Waals surface area (Å²) in [7, 11) is -5.23. The minimum Gasteiger partial charge on any atom is -0.382 e. The van der Waals surface area contributed by atoms with Gasteiger partial charge in [0.1, 0.15) is 26.3 Å². The first-order valence-corrected chi connectivity index (χ1v) is 21.1. The van der Waals surface area contributed by atoms with Crippen molar-refractivity contribution in [2.24, 2.45) is 0 Å². The minimum absolute atomic E-state index is 0.275. The highest BCUT2D eigenvalue weighted by Crippen LogP contribution is 2.42. The normalized spacial score (nSPS) is 14.4. The molecule has 3 N–H and O–H groups in total. The van der Waals surface area contributed by atoms with Gasteiger partial charge in [-0.15, -0.1) is 11.5 Å². The van der Waals surface area contributed by atoms with E-state index in [0.29, 0.717) is 28.6 Å². The SMILES string of the molecule is C[C@H](Cn1cnc2c(N)ncnc21)OCP(=O)(O)OCCCCCCCCCCCCCCCC#C[Si](C)(C)C(C)(C)C. The summed E-state index contributed by atoms with van der Waals surface area (Å²) in [6, 6.07) is 0. The molecule has 0 aromatic carbocycles. The van der Waals surface area contributed by atoms with Crippen molar-refractivity contribution in [1.82, 2.24) is 19.5 Å². The van der Waals surface area contributed by atoms with Crippen molar-refractivity contribution in [2.45, 2.75) is 148 Å². The summed E-state index contributed by atoms with van der Waals surface area (Å²) in [5.74, 6) is 3.79. The van der Waals surface area contributed by atoms with Crippen LogP contribution in [0.4, 0.5) is 5.82 Å². The molecule has 0 bridgehead atoms. The number of rotatable bonds is 21. The van der Waals surface area contributed by atoms with Crippen LogP contribution in [-0.2, 0) is 20.4 Å².